The zero-order valence-corrected chi connectivity index (χ0v) is 9.52. The molecule has 5 heteroatoms. The van der Waals surface area contributed by atoms with Gasteiger partial charge in [-0.05, 0) is 38.1 Å². The first kappa shape index (κ1) is 11.4. The standard InChI is InChI=1S/C11H18N2O3/c1-16-11(15)9(7-4-5-7)13-6-2-3-8(13)10(12)14/h7-9H,2-6H2,1H3,(H2,12,14). The number of esters is 1. The van der Waals surface area contributed by atoms with Crippen LogP contribution < -0.4 is 5.73 Å². The first-order valence-corrected chi connectivity index (χ1v) is 5.78. The number of rotatable bonds is 4. The van der Waals surface area contributed by atoms with Crippen LogP contribution in [-0.4, -0.2) is 42.5 Å². The molecule has 1 aliphatic heterocycles. The summed E-state index contributed by atoms with van der Waals surface area (Å²) in [5.41, 5.74) is 5.36. The van der Waals surface area contributed by atoms with Crippen molar-refractivity contribution in [3.8, 4) is 0 Å². The maximum atomic E-state index is 11.7. The number of likely N-dealkylation sites (tertiary alicyclic amines) is 1. The summed E-state index contributed by atoms with van der Waals surface area (Å²) < 4.78 is 4.82. The van der Waals surface area contributed by atoms with Gasteiger partial charge in [0.25, 0.3) is 0 Å². The van der Waals surface area contributed by atoms with E-state index in [4.69, 9.17) is 10.5 Å². The summed E-state index contributed by atoms with van der Waals surface area (Å²) in [6.45, 7) is 0.768. The normalized spacial score (nSPS) is 27.7. The highest BCUT2D eigenvalue weighted by Gasteiger charge is 2.46. The van der Waals surface area contributed by atoms with Gasteiger partial charge in [-0.1, -0.05) is 0 Å². The molecule has 16 heavy (non-hydrogen) atoms. The van der Waals surface area contributed by atoms with Crippen LogP contribution in [0, 0.1) is 5.92 Å². The minimum absolute atomic E-state index is 0.226. The number of primary amides is 1. The second-order valence-corrected chi connectivity index (χ2v) is 4.60. The third-order valence-electron chi connectivity index (χ3n) is 3.49. The molecule has 5 nitrogen and oxygen atoms in total. The topological polar surface area (TPSA) is 72.6 Å². The van der Waals surface area contributed by atoms with E-state index >= 15 is 0 Å². The molecule has 2 unspecified atom stereocenters. The summed E-state index contributed by atoms with van der Waals surface area (Å²) in [5, 5.41) is 0. The summed E-state index contributed by atoms with van der Waals surface area (Å²) in [6.07, 6.45) is 3.77. The number of carbonyl (C=O) groups excluding carboxylic acids is 2. The van der Waals surface area contributed by atoms with Crippen molar-refractivity contribution in [1.29, 1.82) is 0 Å². The van der Waals surface area contributed by atoms with E-state index in [0.717, 1.165) is 32.2 Å². The maximum Gasteiger partial charge on any atom is 0.323 e. The average molecular weight is 226 g/mol. The van der Waals surface area contributed by atoms with Crippen LogP contribution in [0.3, 0.4) is 0 Å². The second-order valence-electron chi connectivity index (χ2n) is 4.60. The van der Waals surface area contributed by atoms with Crippen LogP contribution in [0.5, 0.6) is 0 Å². The van der Waals surface area contributed by atoms with Crippen molar-refractivity contribution in [3.05, 3.63) is 0 Å². The Hall–Kier alpha value is -1.10. The highest BCUT2D eigenvalue weighted by molar-refractivity contribution is 5.82. The van der Waals surface area contributed by atoms with Gasteiger partial charge in [0.1, 0.15) is 6.04 Å². The van der Waals surface area contributed by atoms with Crippen LogP contribution in [0.25, 0.3) is 0 Å². The lowest BCUT2D eigenvalue weighted by atomic mass is 10.1. The van der Waals surface area contributed by atoms with E-state index in [1.54, 1.807) is 0 Å². The molecule has 0 radical (unpaired) electrons. The Morgan fingerprint density at radius 3 is 2.56 bits per heavy atom. The van der Waals surface area contributed by atoms with Crippen LogP contribution >= 0.6 is 0 Å². The molecule has 2 rings (SSSR count). The molecule has 90 valence electrons. The molecule has 2 aliphatic rings. The fourth-order valence-electron chi connectivity index (χ4n) is 2.56. The lowest BCUT2D eigenvalue weighted by molar-refractivity contribution is -0.149. The van der Waals surface area contributed by atoms with Crippen molar-refractivity contribution in [3.63, 3.8) is 0 Å². The Balaban J connectivity index is 2.12. The van der Waals surface area contributed by atoms with Crippen LogP contribution in [0.1, 0.15) is 25.7 Å². The predicted octanol–water partition coefficient (Wildman–Crippen LogP) is -0.112. The molecule has 0 bridgehead atoms. The molecular weight excluding hydrogens is 208 g/mol. The van der Waals surface area contributed by atoms with Gasteiger partial charge >= 0.3 is 5.97 Å². The summed E-state index contributed by atoms with van der Waals surface area (Å²) >= 11 is 0. The number of methoxy groups -OCH3 is 1. The lowest BCUT2D eigenvalue weighted by Gasteiger charge is -2.29. The summed E-state index contributed by atoms with van der Waals surface area (Å²) in [6, 6.07) is -0.547. The van der Waals surface area contributed by atoms with Crippen molar-refractivity contribution >= 4 is 11.9 Å². The van der Waals surface area contributed by atoms with E-state index in [2.05, 4.69) is 0 Å². The van der Waals surface area contributed by atoms with E-state index in [1.165, 1.54) is 7.11 Å². The minimum Gasteiger partial charge on any atom is -0.468 e. The number of amides is 1. The van der Waals surface area contributed by atoms with Gasteiger partial charge in [0.05, 0.1) is 13.2 Å². The highest BCUT2D eigenvalue weighted by atomic mass is 16.5. The zero-order valence-electron chi connectivity index (χ0n) is 9.52. The van der Waals surface area contributed by atoms with Crippen LogP contribution in [-0.2, 0) is 14.3 Å². The quantitative estimate of drug-likeness (QED) is 0.679. The second kappa shape index (κ2) is 4.41. The molecule has 0 aromatic rings. The molecule has 1 heterocycles. The Morgan fingerprint density at radius 2 is 2.06 bits per heavy atom. The van der Waals surface area contributed by atoms with E-state index < -0.39 is 0 Å². The largest absolute Gasteiger partial charge is 0.468 e. The number of nitrogens with two attached hydrogens (primary N) is 1. The molecule has 1 saturated carbocycles. The van der Waals surface area contributed by atoms with E-state index in [1.807, 2.05) is 4.90 Å². The molecule has 0 aromatic heterocycles. The Morgan fingerprint density at radius 1 is 1.38 bits per heavy atom. The van der Waals surface area contributed by atoms with E-state index in [9.17, 15) is 9.59 Å². The van der Waals surface area contributed by atoms with Gasteiger partial charge in [-0.15, -0.1) is 0 Å². The van der Waals surface area contributed by atoms with Crippen LogP contribution in [0.4, 0.5) is 0 Å². The molecule has 2 fully saturated rings. The van der Waals surface area contributed by atoms with Crippen molar-refractivity contribution < 1.29 is 14.3 Å². The van der Waals surface area contributed by atoms with Gasteiger partial charge < -0.3 is 10.5 Å². The minimum atomic E-state index is -0.327. The molecule has 0 aromatic carbocycles. The molecule has 2 atom stereocenters. The first-order chi connectivity index (χ1) is 7.65. The first-order valence-electron chi connectivity index (χ1n) is 5.78. The fourth-order valence-corrected chi connectivity index (χ4v) is 2.56. The number of hydrogen-bond acceptors (Lipinski definition) is 4. The zero-order chi connectivity index (χ0) is 11.7. The summed E-state index contributed by atoms with van der Waals surface area (Å²) in [7, 11) is 1.40. The lowest BCUT2D eigenvalue weighted by Crippen LogP contribution is -2.50. The van der Waals surface area contributed by atoms with E-state index in [-0.39, 0.29) is 24.0 Å². The molecule has 0 spiro atoms. The Kier molecular flexibility index (Phi) is 3.14. The van der Waals surface area contributed by atoms with Crippen molar-refractivity contribution in [2.24, 2.45) is 11.7 Å². The molecular formula is C11H18N2O3. The smallest absolute Gasteiger partial charge is 0.323 e. The average Bonchev–Trinajstić information content (AvgIpc) is 2.95. The van der Waals surface area contributed by atoms with Gasteiger partial charge in [0.2, 0.25) is 5.91 Å². The highest BCUT2D eigenvalue weighted by Crippen LogP contribution is 2.38. The SMILES string of the molecule is COC(=O)C(C1CC1)N1CCCC1C(N)=O. The fraction of sp³-hybridized carbons (Fsp3) is 0.818. The van der Waals surface area contributed by atoms with Crippen molar-refractivity contribution in [2.75, 3.05) is 13.7 Å². The van der Waals surface area contributed by atoms with Gasteiger partial charge in [-0.2, -0.15) is 0 Å². The molecule has 1 amide bonds. The van der Waals surface area contributed by atoms with Crippen LogP contribution in [0.2, 0.25) is 0 Å². The summed E-state index contributed by atoms with van der Waals surface area (Å²) in [5.74, 6) is -0.199. The van der Waals surface area contributed by atoms with Crippen molar-refractivity contribution in [1.82, 2.24) is 4.90 Å². The van der Waals surface area contributed by atoms with Gasteiger partial charge in [-0.25, -0.2) is 0 Å². The van der Waals surface area contributed by atoms with Gasteiger partial charge in [0, 0.05) is 0 Å². The predicted molar refractivity (Wildman–Crippen MR) is 57.5 cm³/mol. The molecule has 1 saturated heterocycles. The van der Waals surface area contributed by atoms with Crippen molar-refractivity contribution in [2.45, 2.75) is 37.8 Å². The third-order valence-corrected chi connectivity index (χ3v) is 3.49. The monoisotopic (exact) mass is 226 g/mol. The molecule has 2 N–H and O–H groups in total. The Bertz CT molecular complexity index is 302. The Labute approximate surface area is 94.9 Å². The third kappa shape index (κ3) is 2.04. The van der Waals surface area contributed by atoms with Gasteiger partial charge in [-0.3, -0.25) is 14.5 Å². The molecule has 1 aliphatic carbocycles. The van der Waals surface area contributed by atoms with Crippen LogP contribution in [0.15, 0.2) is 0 Å². The van der Waals surface area contributed by atoms with Gasteiger partial charge in [0.15, 0.2) is 0 Å². The number of nitrogens with zero attached hydrogens (tertiary/aromatic N) is 1. The number of ether oxygens (including phenoxy) is 1. The van der Waals surface area contributed by atoms with E-state index in [0.29, 0.717) is 5.92 Å². The number of carbonyl (C=O) groups is 2. The number of hydrogen-bond donors (Lipinski definition) is 1. The summed E-state index contributed by atoms with van der Waals surface area (Å²) in [4.78, 5) is 25.0. The maximum absolute atomic E-state index is 11.7.